The molecule has 1 N–H and O–H groups in total. The highest BCUT2D eigenvalue weighted by Gasteiger charge is 2.49. The summed E-state index contributed by atoms with van der Waals surface area (Å²) in [5, 5.41) is 2.68. The summed E-state index contributed by atoms with van der Waals surface area (Å²) < 4.78 is 5.25. The fraction of sp³-hybridized carbons (Fsp3) is 0.357. The number of carbonyl (C=O) groups is 3. The lowest BCUT2D eigenvalue weighted by molar-refractivity contribution is -0.141. The molecule has 1 atom stereocenters. The molecule has 0 radical (unpaired) electrons. The number of esters is 1. The van der Waals surface area contributed by atoms with Gasteiger partial charge >= 0.3 is 12.0 Å². The van der Waals surface area contributed by atoms with Crippen molar-refractivity contribution < 1.29 is 19.1 Å². The fourth-order valence-electron chi connectivity index (χ4n) is 2.25. The second-order valence-electron chi connectivity index (χ2n) is 4.82. The maximum atomic E-state index is 12.6. The maximum Gasteiger partial charge on any atom is 0.325 e. The summed E-state index contributed by atoms with van der Waals surface area (Å²) in [6.07, 6.45) is -0.0261. The summed E-state index contributed by atoms with van der Waals surface area (Å²) in [5.74, 6) is -0.853. The van der Waals surface area contributed by atoms with Crippen LogP contribution in [0.5, 0.6) is 0 Å². The highest BCUT2D eigenvalue weighted by atomic mass is 79.9. The molecule has 2 rings (SSSR count). The lowest BCUT2D eigenvalue weighted by Crippen LogP contribution is -2.41. The summed E-state index contributed by atoms with van der Waals surface area (Å²) in [7, 11) is 1.26. The highest BCUT2D eigenvalue weighted by Crippen LogP contribution is 2.33. The second kappa shape index (κ2) is 5.85. The van der Waals surface area contributed by atoms with Gasteiger partial charge in [-0.3, -0.25) is 14.5 Å². The Labute approximate surface area is 130 Å². The van der Waals surface area contributed by atoms with Gasteiger partial charge in [0.15, 0.2) is 0 Å². The van der Waals surface area contributed by atoms with E-state index >= 15 is 0 Å². The van der Waals surface area contributed by atoms with Crippen molar-refractivity contribution in [2.24, 2.45) is 0 Å². The van der Waals surface area contributed by atoms with Gasteiger partial charge in [-0.25, -0.2) is 4.79 Å². The van der Waals surface area contributed by atoms with Gasteiger partial charge in [-0.1, -0.05) is 34.1 Å². The van der Waals surface area contributed by atoms with Gasteiger partial charge in [0, 0.05) is 16.6 Å². The van der Waals surface area contributed by atoms with Crippen LogP contribution in [-0.2, 0) is 19.9 Å². The molecule has 3 amide bonds. The summed E-state index contributed by atoms with van der Waals surface area (Å²) >= 11 is 3.39. The smallest absolute Gasteiger partial charge is 0.325 e. The van der Waals surface area contributed by atoms with Crippen LogP contribution in [0.1, 0.15) is 18.9 Å². The van der Waals surface area contributed by atoms with E-state index < -0.39 is 17.5 Å². The van der Waals surface area contributed by atoms with Crippen molar-refractivity contribution in [3.8, 4) is 0 Å². The van der Waals surface area contributed by atoms with Crippen LogP contribution in [0.4, 0.5) is 4.79 Å². The molecule has 1 unspecified atom stereocenters. The minimum absolute atomic E-state index is 0.00260. The number of ether oxygens (including phenoxy) is 1. The summed E-state index contributed by atoms with van der Waals surface area (Å²) in [5.41, 5.74) is -0.475. The molecule has 1 fully saturated rings. The molecule has 1 saturated heterocycles. The number of hydrogen-bond donors (Lipinski definition) is 1. The Morgan fingerprint density at radius 1 is 1.38 bits per heavy atom. The van der Waals surface area contributed by atoms with Crippen LogP contribution in [0.3, 0.4) is 0 Å². The number of methoxy groups -OCH3 is 1. The fourth-order valence-corrected chi connectivity index (χ4v) is 2.94. The van der Waals surface area contributed by atoms with E-state index in [0.717, 1.165) is 9.37 Å². The van der Waals surface area contributed by atoms with Gasteiger partial charge in [-0.15, -0.1) is 0 Å². The average Bonchev–Trinajstić information content (AvgIpc) is 2.68. The van der Waals surface area contributed by atoms with Crippen molar-refractivity contribution in [1.82, 2.24) is 10.2 Å². The van der Waals surface area contributed by atoms with E-state index in [1.54, 1.807) is 25.1 Å². The third-order valence-corrected chi connectivity index (χ3v) is 4.15. The lowest BCUT2D eigenvalue weighted by atomic mass is 9.92. The van der Waals surface area contributed by atoms with E-state index in [9.17, 15) is 14.4 Å². The Kier molecular flexibility index (Phi) is 4.32. The van der Waals surface area contributed by atoms with E-state index in [2.05, 4.69) is 26.0 Å². The Morgan fingerprint density at radius 2 is 2.05 bits per heavy atom. The van der Waals surface area contributed by atoms with E-state index in [4.69, 9.17) is 0 Å². The number of benzene rings is 1. The van der Waals surface area contributed by atoms with Crippen LogP contribution in [0.2, 0.25) is 0 Å². The molecule has 21 heavy (non-hydrogen) atoms. The molecule has 1 aromatic rings. The largest absolute Gasteiger partial charge is 0.469 e. The molecule has 0 bridgehead atoms. The van der Waals surface area contributed by atoms with Gasteiger partial charge in [-0.2, -0.15) is 0 Å². The van der Waals surface area contributed by atoms with Gasteiger partial charge < -0.3 is 10.1 Å². The van der Waals surface area contributed by atoms with Crippen LogP contribution in [0, 0.1) is 0 Å². The van der Waals surface area contributed by atoms with Crippen molar-refractivity contribution in [1.29, 1.82) is 0 Å². The number of nitrogens with one attached hydrogen (secondary N) is 1. The molecule has 0 saturated carbocycles. The van der Waals surface area contributed by atoms with E-state index in [0.29, 0.717) is 5.56 Å². The molecule has 112 valence electrons. The normalized spacial score (nSPS) is 21.4. The molecular weight excluding hydrogens is 340 g/mol. The quantitative estimate of drug-likeness (QED) is 0.660. The zero-order valence-corrected chi connectivity index (χ0v) is 13.3. The van der Waals surface area contributed by atoms with Crippen molar-refractivity contribution in [2.75, 3.05) is 13.7 Å². The maximum absolute atomic E-state index is 12.6. The predicted molar refractivity (Wildman–Crippen MR) is 78.4 cm³/mol. The average molecular weight is 355 g/mol. The zero-order chi connectivity index (χ0) is 15.6. The summed E-state index contributed by atoms with van der Waals surface area (Å²) in [6.45, 7) is 1.64. The van der Waals surface area contributed by atoms with Crippen molar-refractivity contribution in [2.45, 2.75) is 18.9 Å². The number of amides is 3. The zero-order valence-electron chi connectivity index (χ0n) is 11.7. The molecule has 7 heteroatoms. The van der Waals surface area contributed by atoms with Gasteiger partial charge in [0.25, 0.3) is 5.91 Å². The molecule has 1 aliphatic rings. The number of hydrogen-bond acceptors (Lipinski definition) is 4. The number of urea groups is 1. The highest BCUT2D eigenvalue weighted by molar-refractivity contribution is 9.10. The minimum Gasteiger partial charge on any atom is -0.469 e. The number of carbonyl (C=O) groups excluding carboxylic acids is 3. The minimum atomic E-state index is -1.15. The SMILES string of the molecule is COC(=O)CCN1C(=O)NC(C)(c2ccccc2Br)C1=O. The van der Waals surface area contributed by atoms with Gasteiger partial charge in [0.05, 0.1) is 13.5 Å². The second-order valence-corrected chi connectivity index (χ2v) is 5.67. The van der Waals surface area contributed by atoms with Crippen LogP contribution in [0.15, 0.2) is 28.7 Å². The summed E-state index contributed by atoms with van der Waals surface area (Å²) in [6, 6.07) is 6.68. The topological polar surface area (TPSA) is 75.7 Å². The lowest BCUT2D eigenvalue weighted by Gasteiger charge is -2.23. The van der Waals surface area contributed by atoms with Gasteiger partial charge in [0.1, 0.15) is 5.54 Å². The molecule has 1 heterocycles. The van der Waals surface area contributed by atoms with E-state index in [1.807, 2.05) is 6.07 Å². The van der Waals surface area contributed by atoms with E-state index in [1.165, 1.54) is 7.11 Å². The molecule has 1 aromatic carbocycles. The Hall–Kier alpha value is -1.89. The number of imide groups is 1. The van der Waals surface area contributed by atoms with Crippen LogP contribution in [-0.4, -0.2) is 36.5 Å². The summed E-state index contributed by atoms with van der Waals surface area (Å²) in [4.78, 5) is 36.8. The number of nitrogens with zero attached hydrogens (tertiary/aromatic N) is 1. The van der Waals surface area contributed by atoms with Crippen molar-refractivity contribution in [3.63, 3.8) is 0 Å². The third-order valence-electron chi connectivity index (χ3n) is 3.45. The Bertz CT molecular complexity index is 604. The molecule has 0 aromatic heterocycles. The van der Waals surface area contributed by atoms with Crippen LogP contribution >= 0.6 is 15.9 Å². The van der Waals surface area contributed by atoms with Crippen LogP contribution < -0.4 is 5.32 Å². The molecular formula is C14H15BrN2O4. The van der Waals surface area contributed by atoms with Crippen LogP contribution in [0.25, 0.3) is 0 Å². The monoisotopic (exact) mass is 354 g/mol. The van der Waals surface area contributed by atoms with Crippen molar-refractivity contribution >= 4 is 33.8 Å². The molecule has 0 spiro atoms. The van der Waals surface area contributed by atoms with Crippen molar-refractivity contribution in [3.05, 3.63) is 34.3 Å². The first-order chi connectivity index (χ1) is 9.90. The standard InChI is InChI=1S/C14H15BrN2O4/c1-14(9-5-3-4-6-10(9)15)12(19)17(13(20)16-14)8-7-11(18)21-2/h3-6H,7-8H2,1-2H3,(H,16,20). The van der Waals surface area contributed by atoms with E-state index in [-0.39, 0.29) is 18.9 Å². The molecule has 1 aliphatic heterocycles. The number of halogens is 1. The first kappa shape index (κ1) is 15.5. The Balaban J connectivity index is 2.25. The number of rotatable bonds is 4. The third kappa shape index (κ3) is 2.78. The predicted octanol–water partition coefficient (Wildman–Crippen LogP) is 1.78. The molecule has 0 aliphatic carbocycles. The first-order valence-electron chi connectivity index (χ1n) is 6.36. The first-order valence-corrected chi connectivity index (χ1v) is 7.15. The van der Waals surface area contributed by atoms with Gasteiger partial charge in [0.2, 0.25) is 0 Å². The molecule has 6 nitrogen and oxygen atoms in total. The Morgan fingerprint density at radius 3 is 2.67 bits per heavy atom. The van der Waals surface area contributed by atoms with Gasteiger partial charge in [-0.05, 0) is 13.0 Å².